The van der Waals surface area contributed by atoms with E-state index in [9.17, 15) is 4.39 Å². The molecular weight excluding hydrogens is 233 g/mol. The highest BCUT2D eigenvalue weighted by Gasteiger charge is 2.13. The largest absolute Gasteiger partial charge is 0.323 e. The third kappa shape index (κ3) is 2.30. The van der Waals surface area contributed by atoms with E-state index < -0.39 is 6.04 Å². The highest BCUT2D eigenvalue weighted by molar-refractivity contribution is 9.10. The van der Waals surface area contributed by atoms with Crippen LogP contribution in [0.2, 0.25) is 0 Å². The summed E-state index contributed by atoms with van der Waals surface area (Å²) < 4.78 is 13.9. The number of hydrogen-bond donors (Lipinski definition) is 1. The zero-order valence-corrected chi connectivity index (χ0v) is 8.51. The van der Waals surface area contributed by atoms with Crippen molar-refractivity contribution in [2.45, 2.75) is 12.5 Å². The molecule has 0 spiro atoms. The SMILES string of the molecule is C#CCC(N)c1c(F)cccc1Br. The van der Waals surface area contributed by atoms with Crippen LogP contribution in [0.25, 0.3) is 0 Å². The lowest BCUT2D eigenvalue weighted by Crippen LogP contribution is -2.11. The van der Waals surface area contributed by atoms with Gasteiger partial charge in [0.2, 0.25) is 0 Å². The molecule has 1 nitrogen and oxygen atoms in total. The van der Waals surface area contributed by atoms with E-state index in [1.807, 2.05) is 0 Å². The maximum absolute atomic E-state index is 13.2. The molecule has 0 amide bonds. The van der Waals surface area contributed by atoms with Crippen LogP contribution in [0.5, 0.6) is 0 Å². The van der Waals surface area contributed by atoms with Gasteiger partial charge in [-0.25, -0.2) is 4.39 Å². The van der Waals surface area contributed by atoms with Crippen molar-refractivity contribution in [1.29, 1.82) is 0 Å². The molecule has 1 atom stereocenters. The minimum atomic E-state index is -0.444. The Kier molecular flexibility index (Phi) is 3.47. The summed E-state index contributed by atoms with van der Waals surface area (Å²) in [6.07, 6.45) is 5.43. The summed E-state index contributed by atoms with van der Waals surface area (Å²) in [6.45, 7) is 0. The average Bonchev–Trinajstić information content (AvgIpc) is 2.04. The average molecular weight is 242 g/mol. The highest BCUT2D eigenvalue weighted by atomic mass is 79.9. The second kappa shape index (κ2) is 4.40. The van der Waals surface area contributed by atoms with Gasteiger partial charge in [-0.1, -0.05) is 22.0 Å². The molecule has 1 rings (SSSR count). The van der Waals surface area contributed by atoms with Crippen molar-refractivity contribution in [2.24, 2.45) is 5.73 Å². The quantitative estimate of drug-likeness (QED) is 0.792. The summed E-state index contributed by atoms with van der Waals surface area (Å²) >= 11 is 3.23. The second-order valence-corrected chi connectivity index (χ2v) is 3.50. The van der Waals surface area contributed by atoms with Crippen LogP contribution < -0.4 is 5.73 Å². The predicted molar refractivity (Wildman–Crippen MR) is 54.5 cm³/mol. The van der Waals surface area contributed by atoms with Gasteiger partial charge >= 0.3 is 0 Å². The molecule has 1 unspecified atom stereocenters. The molecule has 13 heavy (non-hydrogen) atoms. The number of terminal acetylenes is 1. The lowest BCUT2D eigenvalue weighted by Gasteiger charge is -2.11. The van der Waals surface area contributed by atoms with E-state index in [1.54, 1.807) is 12.1 Å². The molecule has 1 aromatic carbocycles. The fourth-order valence-corrected chi connectivity index (χ4v) is 1.73. The van der Waals surface area contributed by atoms with Crippen molar-refractivity contribution in [3.05, 3.63) is 34.1 Å². The minimum absolute atomic E-state index is 0.322. The Bertz CT molecular complexity index is 323. The van der Waals surface area contributed by atoms with Gasteiger partial charge in [0.25, 0.3) is 0 Å². The number of hydrogen-bond acceptors (Lipinski definition) is 1. The van der Waals surface area contributed by atoms with Gasteiger partial charge in [0.05, 0.1) is 0 Å². The molecule has 0 aromatic heterocycles. The van der Waals surface area contributed by atoms with E-state index in [4.69, 9.17) is 12.2 Å². The molecule has 2 N–H and O–H groups in total. The van der Waals surface area contributed by atoms with Gasteiger partial charge in [-0.3, -0.25) is 0 Å². The van der Waals surface area contributed by atoms with Gasteiger partial charge in [-0.05, 0) is 12.1 Å². The van der Waals surface area contributed by atoms with Crippen molar-refractivity contribution < 1.29 is 4.39 Å². The summed E-state index contributed by atoms with van der Waals surface area (Å²) in [5.74, 6) is 2.09. The lowest BCUT2D eigenvalue weighted by atomic mass is 10.0. The molecule has 0 saturated carbocycles. The normalized spacial score (nSPS) is 12.2. The fourth-order valence-electron chi connectivity index (χ4n) is 1.09. The Balaban J connectivity index is 3.06. The molecule has 0 heterocycles. The predicted octanol–water partition coefficient (Wildman–Crippen LogP) is 2.61. The van der Waals surface area contributed by atoms with Gasteiger partial charge in [0.1, 0.15) is 5.82 Å². The van der Waals surface area contributed by atoms with Crippen molar-refractivity contribution in [3.63, 3.8) is 0 Å². The Labute approximate surface area is 85.3 Å². The van der Waals surface area contributed by atoms with Crippen LogP contribution in [0.4, 0.5) is 4.39 Å². The summed E-state index contributed by atoms with van der Waals surface area (Å²) in [7, 11) is 0. The monoisotopic (exact) mass is 241 g/mol. The van der Waals surface area contributed by atoms with Crippen LogP contribution >= 0.6 is 15.9 Å². The first kappa shape index (κ1) is 10.2. The summed E-state index contributed by atoms with van der Waals surface area (Å²) in [5, 5.41) is 0. The fraction of sp³-hybridized carbons (Fsp3) is 0.200. The van der Waals surface area contributed by atoms with Gasteiger partial charge in [-0.15, -0.1) is 12.3 Å². The first-order valence-corrected chi connectivity index (χ1v) is 4.59. The summed E-state index contributed by atoms with van der Waals surface area (Å²) in [5.41, 5.74) is 6.14. The van der Waals surface area contributed by atoms with Gasteiger partial charge in [0.15, 0.2) is 0 Å². The van der Waals surface area contributed by atoms with Crippen molar-refractivity contribution >= 4 is 15.9 Å². The van der Waals surface area contributed by atoms with E-state index in [0.717, 1.165) is 0 Å². The van der Waals surface area contributed by atoms with Crippen molar-refractivity contribution in [1.82, 2.24) is 0 Å². The van der Waals surface area contributed by atoms with Crippen molar-refractivity contribution in [2.75, 3.05) is 0 Å². The summed E-state index contributed by atoms with van der Waals surface area (Å²) in [4.78, 5) is 0. The second-order valence-electron chi connectivity index (χ2n) is 2.65. The number of nitrogens with two attached hydrogens (primary N) is 1. The van der Waals surface area contributed by atoms with Gasteiger partial charge in [0, 0.05) is 22.5 Å². The zero-order chi connectivity index (χ0) is 9.84. The van der Waals surface area contributed by atoms with E-state index in [2.05, 4.69) is 21.9 Å². The van der Waals surface area contributed by atoms with Gasteiger partial charge < -0.3 is 5.73 Å². The maximum Gasteiger partial charge on any atom is 0.129 e. The van der Waals surface area contributed by atoms with Crippen LogP contribution in [0.1, 0.15) is 18.0 Å². The number of halogens is 2. The van der Waals surface area contributed by atoms with E-state index in [1.165, 1.54) is 6.07 Å². The minimum Gasteiger partial charge on any atom is -0.323 e. The molecule has 3 heteroatoms. The molecular formula is C10H9BrFN. The molecule has 0 aliphatic carbocycles. The molecule has 68 valence electrons. The van der Waals surface area contributed by atoms with E-state index in [0.29, 0.717) is 16.5 Å². The Morgan fingerprint density at radius 2 is 2.31 bits per heavy atom. The number of rotatable bonds is 2. The van der Waals surface area contributed by atoms with Crippen LogP contribution in [-0.4, -0.2) is 0 Å². The third-order valence-electron chi connectivity index (χ3n) is 1.71. The standard InChI is InChI=1S/C10H9BrFN/c1-2-4-9(13)10-7(11)5-3-6-8(10)12/h1,3,5-6,9H,4,13H2. The van der Waals surface area contributed by atoms with E-state index in [-0.39, 0.29) is 5.82 Å². The Morgan fingerprint density at radius 1 is 1.62 bits per heavy atom. The molecule has 0 radical (unpaired) electrons. The first-order valence-electron chi connectivity index (χ1n) is 3.79. The Morgan fingerprint density at radius 3 is 2.85 bits per heavy atom. The maximum atomic E-state index is 13.2. The molecule has 0 saturated heterocycles. The third-order valence-corrected chi connectivity index (χ3v) is 2.40. The first-order chi connectivity index (χ1) is 6.16. The van der Waals surface area contributed by atoms with Crippen LogP contribution in [0.15, 0.2) is 22.7 Å². The van der Waals surface area contributed by atoms with Gasteiger partial charge in [-0.2, -0.15) is 0 Å². The molecule has 0 bridgehead atoms. The van der Waals surface area contributed by atoms with Crippen LogP contribution in [0, 0.1) is 18.2 Å². The molecule has 0 aliphatic heterocycles. The zero-order valence-electron chi connectivity index (χ0n) is 6.93. The van der Waals surface area contributed by atoms with Crippen LogP contribution in [0.3, 0.4) is 0 Å². The Hall–Kier alpha value is -0.850. The van der Waals surface area contributed by atoms with Crippen LogP contribution in [-0.2, 0) is 0 Å². The topological polar surface area (TPSA) is 26.0 Å². The summed E-state index contributed by atoms with van der Waals surface area (Å²) in [6, 6.07) is 4.29. The van der Waals surface area contributed by atoms with E-state index >= 15 is 0 Å². The lowest BCUT2D eigenvalue weighted by molar-refractivity contribution is 0.583. The highest BCUT2D eigenvalue weighted by Crippen LogP contribution is 2.26. The molecule has 1 aromatic rings. The van der Waals surface area contributed by atoms with Crippen molar-refractivity contribution in [3.8, 4) is 12.3 Å². The smallest absolute Gasteiger partial charge is 0.129 e. The molecule has 0 fully saturated rings. The number of benzene rings is 1. The molecule has 0 aliphatic rings.